The zero-order valence-corrected chi connectivity index (χ0v) is 19.7. The lowest BCUT2D eigenvalue weighted by Gasteiger charge is -2.12. The van der Waals surface area contributed by atoms with Crippen molar-refractivity contribution in [1.82, 2.24) is 0 Å². The molecule has 0 heterocycles. The summed E-state index contributed by atoms with van der Waals surface area (Å²) in [7, 11) is 0. The molecular weight excluding hydrogens is 408 g/mol. The minimum absolute atomic E-state index is 1.28. The van der Waals surface area contributed by atoms with E-state index in [1.165, 1.54) is 54.9 Å². The largest absolute Gasteiger partial charge is 0.0622 e. The van der Waals surface area contributed by atoms with Crippen LogP contribution in [0.1, 0.15) is 11.1 Å². The topological polar surface area (TPSA) is 0 Å². The maximum Gasteiger partial charge on any atom is -0.00964 e. The first kappa shape index (κ1) is 21.7. The Hall–Kier alpha value is -4.16. The van der Waals surface area contributed by atoms with Gasteiger partial charge in [-0.1, -0.05) is 133 Å². The van der Waals surface area contributed by atoms with Gasteiger partial charge in [-0.15, -0.1) is 0 Å². The lowest BCUT2D eigenvalue weighted by atomic mass is 9.92. The van der Waals surface area contributed by atoms with Crippen molar-refractivity contribution < 1.29 is 0 Å². The van der Waals surface area contributed by atoms with Crippen LogP contribution in [0.15, 0.2) is 133 Å². The maximum absolute atomic E-state index is 2.32. The minimum atomic E-state index is 1.28. The second kappa shape index (κ2) is 9.77. The van der Waals surface area contributed by atoms with Gasteiger partial charge in [-0.2, -0.15) is 0 Å². The van der Waals surface area contributed by atoms with Gasteiger partial charge in [0.25, 0.3) is 0 Å². The number of fused-ring (bicyclic) bond motifs is 2. The molecule has 0 radical (unpaired) electrons. The Morgan fingerprint density at radius 2 is 0.941 bits per heavy atom. The van der Waals surface area contributed by atoms with Crippen LogP contribution in [-0.4, -0.2) is 0 Å². The van der Waals surface area contributed by atoms with Gasteiger partial charge in [-0.25, -0.2) is 0 Å². The summed E-state index contributed by atoms with van der Waals surface area (Å²) < 4.78 is 0. The molecule has 6 rings (SSSR count). The van der Waals surface area contributed by atoms with E-state index in [-0.39, 0.29) is 0 Å². The predicted octanol–water partition coefficient (Wildman–Crippen LogP) is 9.63. The van der Waals surface area contributed by atoms with Gasteiger partial charge >= 0.3 is 0 Å². The SMILES string of the molecule is Cc1c2ccccc2cc2c(-c3ccccc3)cccc12.Cc1ccc(-c2ccccc2)cc1. The predicted molar refractivity (Wildman–Crippen MR) is 148 cm³/mol. The summed E-state index contributed by atoms with van der Waals surface area (Å²) in [6, 6.07) is 47.2. The summed E-state index contributed by atoms with van der Waals surface area (Å²) in [5.74, 6) is 0. The molecule has 6 aromatic rings. The van der Waals surface area contributed by atoms with Gasteiger partial charge < -0.3 is 0 Å². The van der Waals surface area contributed by atoms with E-state index in [4.69, 9.17) is 0 Å². The Kier molecular flexibility index (Phi) is 6.23. The molecule has 0 bridgehead atoms. The normalized spacial score (nSPS) is 10.6. The molecule has 0 amide bonds. The highest BCUT2D eigenvalue weighted by molar-refractivity contribution is 6.07. The van der Waals surface area contributed by atoms with E-state index in [0.717, 1.165) is 0 Å². The summed E-state index contributed by atoms with van der Waals surface area (Å²) in [5.41, 5.74) is 7.81. The number of hydrogen-bond acceptors (Lipinski definition) is 0. The van der Waals surface area contributed by atoms with Gasteiger partial charge in [0.05, 0.1) is 0 Å². The van der Waals surface area contributed by atoms with Crippen LogP contribution in [0.5, 0.6) is 0 Å². The number of hydrogen-bond donors (Lipinski definition) is 0. The highest BCUT2D eigenvalue weighted by atomic mass is 14.1. The van der Waals surface area contributed by atoms with Crippen molar-refractivity contribution in [2.24, 2.45) is 0 Å². The van der Waals surface area contributed by atoms with Crippen molar-refractivity contribution in [3.63, 3.8) is 0 Å². The van der Waals surface area contributed by atoms with Crippen LogP contribution in [0.3, 0.4) is 0 Å². The molecule has 0 atom stereocenters. The van der Waals surface area contributed by atoms with Gasteiger partial charge in [0.1, 0.15) is 0 Å². The van der Waals surface area contributed by atoms with Gasteiger partial charge in [0.2, 0.25) is 0 Å². The van der Waals surface area contributed by atoms with E-state index in [1.54, 1.807) is 0 Å². The molecule has 0 fully saturated rings. The third-order valence-corrected chi connectivity index (χ3v) is 6.42. The summed E-state index contributed by atoms with van der Waals surface area (Å²) in [6.07, 6.45) is 0. The molecule has 0 aliphatic rings. The summed E-state index contributed by atoms with van der Waals surface area (Å²) in [5, 5.41) is 5.33. The van der Waals surface area contributed by atoms with E-state index in [2.05, 4.69) is 141 Å². The third-order valence-electron chi connectivity index (χ3n) is 6.42. The Morgan fingerprint density at radius 3 is 1.65 bits per heavy atom. The summed E-state index contributed by atoms with van der Waals surface area (Å²) >= 11 is 0. The second-order valence-electron chi connectivity index (χ2n) is 8.72. The van der Waals surface area contributed by atoms with Crippen LogP contribution in [-0.2, 0) is 0 Å². The smallest absolute Gasteiger partial charge is 0.00964 e. The second-order valence-corrected chi connectivity index (χ2v) is 8.72. The summed E-state index contributed by atoms with van der Waals surface area (Å²) in [4.78, 5) is 0. The molecule has 0 unspecified atom stereocenters. The average Bonchev–Trinajstić information content (AvgIpc) is 2.90. The summed E-state index contributed by atoms with van der Waals surface area (Å²) in [6.45, 7) is 4.33. The molecule has 0 N–H and O–H groups in total. The molecule has 164 valence electrons. The van der Waals surface area contributed by atoms with E-state index in [9.17, 15) is 0 Å². The van der Waals surface area contributed by atoms with E-state index in [1.807, 2.05) is 6.07 Å². The van der Waals surface area contributed by atoms with Crippen molar-refractivity contribution >= 4 is 21.5 Å². The molecule has 0 aromatic heterocycles. The third kappa shape index (κ3) is 4.49. The van der Waals surface area contributed by atoms with E-state index in [0.29, 0.717) is 0 Å². The van der Waals surface area contributed by atoms with Crippen LogP contribution < -0.4 is 0 Å². The molecular formula is C34H28. The first-order valence-electron chi connectivity index (χ1n) is 11.8. The zero-order valence-electron chi connectivity index (χ0n) is 19.7. The molecule has 0 saturated heterocycles. The highest BCUT2D eigenvalue weighted by Gasteiger charge is 2.08. The van der Waals surface area contributed by atoms with Crippen molar-refractivity contribution in [2.75, 3.05) is 0 Å². The quantitative estimate of drug-likeness (QED) is 0.237. The molecule has 0 nitrogen and oxygen atoms in total. The Balaban J connectivity index is 0.000000159. The molecule has 34 heavy (non-hydrogen) atoms. The Labute approximate surface area is 202 Å². The van der Waals surface area contributed by atoms with Gasteiger partial charge in [0.15, 0.2) is 0 Å². The van der Waals surface area contributed by atoms with Gasteiger partial charge in [-0.05, 0) is 69.3 Å². The van der Waals surface area contributed by atoms with Crippen LogP contribution in [0.4, 0.5) is 0 Å². The molecule has 6 aromatic carbocycles. The molecule has 0 aliphatic carbocycles. The Morgan fingerprint density at radius 1 is 0.382 bits per heavy atom. The fraction of sp³-hybridized carbons (Fsp3) is 0.0588. The lowest BCUT2D eigenvalue weighted by Crippen LogP contribution is -1.86. The zero-order chi connectivity index (χ0) is 23.3. The van der Waals surface area contributed by atoms with Crippen molar-refractivity contribution in [1.29, 1.82) is 0 Å². The molecule has 0 saturated carbocycles. The maximum atomic E-state index is 2.32. The molecule has 0 aliphatic heterocycles. The first-order valence-corrected chi connectivity index (χ1v) is 11.8. The van der Waals surface area contributed by atoms with Crippen LogP contribution in [0.25, 0.3) is 43.8 Å². The minimum Gasteiger partial charge on any atom is -0.0622 e. The van der Waals surface area contributed by atoms with Gasteiger partial charge in [-0.3, -0.25) is 0 Å². The van der Waals surface area contributed by atoms with Crippen LogP contribution in [0, 0.1) is 13.8 Å². The fourth-order valence-corrected chi connectivity index (χ4v) is 4.56. The average molecular weight is 437 g/mol. The number of aryl methyl sites for hydroxylation is 2. The first-order chi connectivity index (χ1) is 16.7. The van der Waals surface area contributed by atoms with E-state index < -0.39 is 0 Å². The number of rotatable bonds is 2. The lowest BCUT2D eigenvalue weighted by molar-refractivity contribution is 1.47. The highest BCUT2D eigenvalue weighted by Crippen LogP contribution is 2.34. The molecule has 0 heteroatoms. The monoisotopic (exact) mass is 436 g/mol. The van der Waals surface area contributed by atoms with Crippen molar-refractivity contribution in [3.8, 4) is 22.3 Å². The molecule has 0 spiro atoms. The van der Waals surface area contributed by atoms with Crippen molar-refractivity contribution in [3.05, 3.63) is 145 Å². The van der Waals surface area contributed by atoms with Crippen molar-refractivity contribution in [2.45, 2.75) is 13.8 Å². The fourth-order valence-electron chi connectivity index (χ4n) is 4.56. The number of benzene rings is 6. The Bertz CT molecular complexity index is 1530. The standard InChI is InChI=1S/C21H16.C13H12/c1-15-18-11-6-5-10-17(18)14-21-19(15)12-7-13-20(21)16-8-3-2-4-9-16;1-11-7-9-13(10-8-11)12-5-3-2-4-6-12/h2-14H,1H3;2-10H,1H3. The van der Waals surface area contributed by atoms with E-state index >= 15 is 0 Å². The van der Waals surface area contributed by atoms with Gasteiger partial charge in [0, 0.05) is 0 Å². The van der Waals surface area contributed by atoms with Crippen LogP contribution in [0.2, 0.25) is 0 Å². The van der Waals surface area contributed by atoms with Crippen LogP contribution >= 0.6 is 0 Å².